The average Bonchev–Trinajstić information content (AvgIpc) is 2.36. The second-order valence-electron chi connectivity index (χ2n) is 4.89. The number of nitrogens with zero attached hydrogens (tertiary/aromatic N) is 1. The first-order valence-corrected chi connectivity index (χ1v) is 6.35. The number of hydrogen-bond donors (Lipinski definition) is 2. The number of nitro benzene ring substituents is 1. The highest BCUT2D eigenvalue weighted by atomic mass is 19.1. The van der Waals surface area contributed by atoms with Crippen LogP contribution in [0.15, 0.2) is 18.2 Å². The van der Waals surface area contributed by atoms with Gasteiger partial charge in [0.05, 0.1) is 11.0 Å². The van der Waals surface area contributed by atoms with E-state index in [0.29, 0.717) is 12.5 Å². The lowest BCUT2D eigenvalue weighted by Crippen LogP contribution is -2.33. The molecule has 1 atom stereocenters. The van der Waals surface area contributed by atoms with Gasteiger partial charge in [0, 0.05) is 12.6 Å². The van der Waals surface area contributed by atoms with Gasteiger partial charge in [0.1, 0.15) is 12.7 Å². The molecule has 0 saturated heterocycles. The van der Waals surface area contributed by atoms with Crippen LogP contribution in [0.3, 0.4) is 0 Å². The Bertz CT molecular complexity index is 454. The Morgan fingerprint density at radius 2 is 2.15 bits per heavy atom. The Balaban J connectivity index is 2.43. The molecule has 7 heteroatoms. The predicted octanol–water partition coefficient (Wildman–Crippen LogP) is 1.72. The minimum atomic E-state index is -0.818. The predicted molar refractivity (Wildman–Crippen MR) is 72.3 cm³/mol. The summed E-state index contributed by atoms with van der Waals surface area (Å²) in [7, 11) is 0. The number of nitrogens with one attached hydrogen (secondary N) is 1. The summed E-state index contributed by atoms with van der Waals surface area (Å²) in [6.45, 7) is 5.11. The number of non-ortho nitro benzene ring substituents is 1. The number of aliphatic hydroxyl groups is 1. The molecule has 1 unspecified atom stereocenters. The summed E-state index contributed by atoms with van der Waals surface area (Å²) in [5, 5.41) is 23.1. The molecule has 0 aliphatic heterocycles. The van der Waals surface area contributed by atoms with Crippen molar-refractivity contribution in [3.63, 3.8) is 0 Å². The van der Waals surface area contributed by atoms with Gasteiger partial charge in [-0.1, -0.05) is 13.8 Å². The number of hydrogen-bond acceptors (Lipinski definition) is 5. The van der Waals surface area contributed by atoms with Crippen LogP contribution in [0.4, 0.5) is 10.1 Å². The van der Waals surface area contributed by atoms with Crippen molar-refractivity contribution in [1.29, 1.82) is 0 Å². The van der Waals surface area contributed by atoms with Crippen LogP contribution >= 0.6 is 0 Å². The summed E-state index contributed by atoms with van der Waals surface area (Å²) in [6, 6.07) is 3.13. The first-order chi connectivity index (χ1) is 9.40. The summed E-state index contributed by atoms with van der Waals surface area (Å²) >= 11 is 0. The van der Waals surface area contributed by atoms with Gasteiger partial charge in [0.15, 0.2) is 11.6 Å². The zero-order valence-electron chi connectivity index (χ0n) is 11.5. The van der Waals surface area contributed by atoms with E-state index >= 15 is 0 Å². The molecule has 0 radical (unpaired) electrons. The summed E-state index contributed by atoms with van der Waals surface area (Å²) < 4.78 is 18.6. The van der Waals surface area contributed by atoms with Crippen LogP contribution < -0.4 is 10.1 Å². The summed E-state index contributed by atoms with van der Waals surface area (Å²) in [4.78, 5) is 9.77. The van der Waals surface area contributed by atoms with Crippen LogP contribution in [0.5, 0.6) is 5.75 Å². The van der Waals surface area contributed by atoms with Crippen molar-refractivity contribution >= 4 is 5.69 Å². The Morgan fingerprint density at radius 3 is 2.70 bits per heavy atom. The Morgan fingerprint density at radius 1 is 1.45 bits per heavy atom. The number of rotatable bonds is 8. The Labute approximate surface area is 116 Å². The number of nitro groups is 1. The van der Waals surface area contributed by atoms with Gasteiger partial charge in [-0.2, -0.15) is 0 Å². The third-order valence-electron chi connectivity index (χ3n) is 2.49. The quantitative estimate of drug-likeness (QED) is 0.561. The van der Waals surface area contributed by atoms with Crippen molar-refractivity contribution in [3.8, 4) is 5.75 Å². The van der Waals surface area contributed by atoms with Gasteiger partial charge in [0.2, 0.25) is 0 Å². The molecular weight excluding hydrogens is 267 g/mol. The zero-order valence-corrected chi connectivity index (χ0v) is 11.5. The molecule has 0 bridgehead atoms. The fraction of sp³-hybridized carbons (Fsp3) is 0.538. The largest absolute Gasteiger partial charge is 0.488 e. The molecule has 1 aromatic rings. The van der Waals surface area contributed by atoms with Crippen LogP contribution in [0.25, 0.3) is 0 Å². The highest BCUT2D eigenvalue weighted by Crippen LogP contribution is 2.22. The van der Waals surface area contributed by atoms with Gasteiger partial charge >= 0.3 is 0 Å². The maximum atomic E-state index is 13.5. The SMILES string of the molecule is CC(C)CNCC(O)COc1ccc([N+](=O)[O-])cc1F. The second-order valence-corrected chi connectivity index (χ2v) is 4.89. The topological polar surface area (TPSA) is 84.6 Å². The minimum Gasteiger partial charge on any atom is -0.488 e. The van der Waals surface area contributed by atoms with E-state index in [4.69, 9.17) is 4.74 Å². The zero-order chi connectivity index (χ0) is 15.1. The number of ether oxygens (including phenoxy) is 1. The minimum absolute atomic E-state index is 0.0835. The monoisotopic (exact) mass is 286 g/mol. The molecule has 0 spiro atoms. The number of benzene rings is 1. The van der Waals surface area contributed by atoms with Crippen molar-refractivity contribution < 1.29 is 19.2 Å². The Kier molecular flexibility index (Phi) is 6.33. The van der Waals surface area contributed by atoms with Crippen molar-refractivity contribution in [2.24, 2.45) is 5.92 Å². The van der Waals surface area contributed by atoms with E-state index in [0.717, 1.165) is 18.7 Å². The summed E-state index contributed by atoms with van der Waals surface area (Å²) in [6.07, 6.45) is -0.775. The molecule has 2 N–H and O–H groups in total. The van der Waals surface area contributed by atoms with Crippen molar-refractivity contribution in [2.75, 3.05) is 19.7 Å². The summed E-state index contributed by atoms with van der Waals surface area (Å²) in [5.41, 5.74) is -0.339. The Hall–Kier alpha value is -1.73. The van der Waals surface area contributed by atoms with Crippen molar-refractivity contribution in [3.05, 3.63) is 34.1 Å². The van der Waals surface area contributed by atoms with Gasteiger partial charge in [-0.3, -0.25) is 10.1 Å². The van der Waals surface area contributed by atoms with Crippen LogP contribution in [0.2, 0.25) is 0 Å². The van der Waals surface area contributed by atoms with Crippen LogP contribution in [-0.2, 0) is 0 Å². The van der Waals surface area contributed by atoms with Gasteiger partial charge < -0.3 is 15.2 Å². The number of aliphatic hydroxyl groups excluding tert-OH is 1. The molecule has 0 aliphatic carbocycles. The van der Waals surface area contributed by atoms with Gasteiger partial charge in [-0.05, 0) is 18.5 Å². The normalized spacial score (nSPS) is 12.4. The molecule has 0 aliphatic rings. The molecule has 112 valence electrons. The highest BCUT2D eigenvalue weighted by molar-refractivity contribution is 5.37. The molecule has 0 aromatic heterocycles. The van der Waals surface area contributed by atoms with E-state index in [-0.39, 0.29) is 18.0 Å². The van der Waals surface area contributed by atoms with E-state index in [1.165, 1.54) is 6.07 Å². The molecule has 0 heterocycles. The van der Waals surface area contributed by atoms with Crippen LogP contribution in [0, 0.1) is 21.8 Å². The molecule has 1 aromatic carbocycles. The van der Waals surface area contributed by atoms with Gasteiger partial charge in [-0.25, -0.2) is 4.39 Å². The summed E-state index contributed by atoms with van der Waals surface area (Å²) in [5.74, 6) is -0.463. The highest BCUT2D eigenvalue weighted by Gasteiger charge is 2.13. The molecular formula is C13H19FN2O4. The van der Waals surface area contributed by atoms with E-state index in [9.17, 15) is 19.6 Å². The molecule has 0 amide bonds. The fourth-order valence-corrected chi connectivity index (χ4v) is 1.50. The van der Waals surface area contributed by atoms with E-state index in [1.54, 1.807) is 0 Å². The lowest BCUT2D eigenvalue weighted by atomic mass is 10.2. The maximum Gasteiger partial charge on any atom is 0.272 e. The van der Waals surface area contributed by atoms with Crippen molar-refractivity contribution in [2.45, 2.75) is 20.0 Å². The third kappa shape index (κ3) is 5.50. The van der Waals surface area contributed by atoms with E-state index in [2.05, 4.69) is 5.32 Å². The number of halogens is 1. The van der Waals surface area contributed by atoms with Crippen LogP contribution in [-0.4, -0.2) is 35.8 Å². The lowest BCUT2D eigenvalue weighted by Gasteiger charge is -2.14. The average molecular weight is 286 g/mol. The lowest BCUT2D eigenvalue weighted by molar-refractivity contribution is -0.385. The van der Waals surface area contributed by atoms with E-state index < -0.39 is 16.8 Å². The smallest absolute Gasteiger partial charge is 0.272 e. The van der Waals surface area contributed by atoms with E-state index in [1.807, 2.05) is 13.8 Å². The standard InChI is InChI=1S/C13H19FN2O4/c1-9(2)6-15-7-11(17)8-20-13-4-3-10(16(18)19)5-12(13)14/h3-5,9,11,15,17H,6-8H2,1-2H3. The molecule has 20 heavy (non-hydrogen) atoms. The first-order valence-electron chi connectivity index (χ1n) is 6.35. The first kappa shape index (κ1) is 16.3. The maximum absolute atomic E-state index is 13.5. The van der Waals surface area contributed by atoms with Gasteiger partial charge in [0.25, 0.3) is 5.69 Å². The van der Waals surface area contributed by atoms with Crippen LogP contribution in [0.1, 0.15) is 13.8 Å². The third-order valence-corrected chi connectivity index (χ3v) is 2.49. The van der Waals surface area contributed by atoms with Gasteiger partial charge in [-0.15, -0.1) is 0 Å². The second kappa shape index (κ2) is 7.76. The molecule has 1 rings (SSSR count). The fourth-order valence-electron chi connectivity index (χ4n) is 1.50. The molecule has 0 fully saturated rings. The molecule has 0 saturated carbocycles. The van der Waals surface area contributed by atoms with Crippen molar-refractivity contribution in [1.82, 2.24) is 5.32 Å². The molecule has 6 nitrogen and oxygen atoms in total.